The second-order valence-electron chi connectivity index (χ2n) is 8.54. The van der Waals surface area contributed by atoms with Crippen LogP contribution in [0.1, 0.15) is 38.0 Å². The van der Waals surface area contributed by atoms with E-state index in [0.29, 0.717) is 5.56 Å². The SMILES string of the molecule is CC(=O)O[C@@H]1[C@@H](OC(=O)c2ccccc2)[C@@H](OC(=O)c2ccccc2)[C@@H](COC(=O)c2ccccc2)O[C@@H]1Br. The number of halogens is 1. The molecule has 0 amide bonds. The predicted octanol–water partition coefficient (Wildman–Crippen LogP) is 4.35. The van der Waals surface area contributed by atoms with Crippen molar-refractivity contribution in [2.75, 3.05) is 6.61 Å². The van der Waals surface area contributed by atoms with Crippen LogP contribution in [-0.2, 0) is 28.5 Å². The van der Waals surface area contributed by atoms with Gasteiger partial charge in [-0.2, -0.15) is 0 Å². The fraction of sp³-hybridized carbons (Fsp3) is 0.241. The van der Waals surface area contributed by atoms with E-state index in [-0.39, 0.29) is 17.7 Å². The fourth-order valence-corrected chi connectivity index (χ4v) is 4.63. The summed E-state index contributed by atoms with van der Waals surface area (Å²) in [6.45, 7) is 0.837. The van der Waals surface area contributed by atoms with E-state index in [9.17, 15) is 19.2 Å². The van der Waals surface area contributed by atoms with Crippen LogP contribution in [0.25, 0.3) is 0 Å². The van der Waals surface area contributed by atoms with E-state index in [0.717, 1.165) is 0 Å². The van der Waals surface area contributed by atoms with Crippen molar-refractivity contribution < 1.29 is 42.9 Å². The van der Waals surface area contributed by atoms with Crippen molar-refractivity contribution in [1.82, 2.24) is 0 Å². The molecule has 3 aromatic rings. The van der Waals surface area contributed by atoms with Crippen molar-refractivity contribution in [2.24, 2.45) is 0 Å². The summed E-state index contributed by atoms with van der Waals surface area (Å²) in [5, 5.41) is -0.984. The van der Waals surface area contributed by atoms with Crippen molar-refractivity contribution in [2.45, 2.75) is 36.4 Å². The first-order chi connectivity index (χ1) is 18.8. The molecule has 0 bridgehead atoms. The van der Waals surface area contributed by atoms with Gasteiger partial charge in [-0.3, -0.25) is 4.79 Å². The van der Waals surface area contributed by atoms with Crippen LogP contribution in [0.4, 0.5) is 0 Å². The molecule has 1 saturated heterocycles. The fourth-order valence-electron chi connectivity index (χ4n) is 3.94. The first-order valence-corrected chi connectivity index (χ1v) is 13.0. The average molecular weight is 597 g/mol. The van der Waals surface area contributed by atoms with Gasteiger partial charge in [-0.15, -0.1) is 0 Å². The Morgan fingerprint density at radius 2 is 1.08 bits per heavy atom. The van der Waals surface area contributed by atoms with E-state index < -0.39 is 53.3 Å². The monoisotopic (exact) mass is 596 g/mol. The van der Waals surface area contributed by atoms with Gasteiger partial charge in [0.1, 0.15) is 12.7 Å². The number of rotatable bonds is 8. The highest BCUT2D eigenvalue weighted by molar-refractivity contribution is 9.09. The van der Waals surface area contributed by atoms with Gasteiger partial charge in [0.2, 0.25) is 0 Å². The molecule has 1 fully saturated rings. The summed E-state index contributed by atoms with van der Waals surface area (Å²) < 4.78 is 28.4. The average Bonchev–Trinajstić information content (AvgIpc) is 2.96. The molecule has 0 unspecified atom stereocenters. The highest BCUT2D eigenvalue weighted by atomic mass is 79.9. The van der Waals surface area contributed by atoms with E-state index >= 15 is 0 Å². The molecule has 4 rings (SSSR count). The summed E-state index contributed by atoms with van der Waals surface area (Å²) in [7, 11) is 0. The zero-order chi connectivity index (χ0) is 27.8. The molecule has 1 aliphatic heterocycles. The summed E-state index contributed by atoms with van der Waals surface area (Å²) in [6, 6.07) is 24.7. The Bertz CT molecular complexity index is 1280. The minimum absolute atomic E-state index is 0.232. The van der Waals surface area contributed by atoms with Crippen LogP contribution in [-0.4, -0.2) is 59.9 Å². The maximum absolute atomic E-state index is 13.1. The number of benzene rings is 3. The van der Waals surface area contributed by atoms with Crippen molar-refractivity contribution >= 4 is 39.8 Å². The summed E-state index contributed by atoms with van der Waals surface area (Å²) in [5.41, 5.74) is 0.777. The minimum atomic E-state index is -1.31. The molecular formula is C29H25BrO9. The molecular weight excluding hydrogens is 572 g/mol. The van der Waals surface area contributed by atoms with Gasteiger partial charge in [-0.25, -0.2) is 14.4 Å². The molecule has 1 heterocycles. The molecule has 5 atom stereocenters. The summed E-state index contributed by atoms with van der Waals surface area (Å²) in [4.78, 5) is 50.7. The Morgan fingerprint density at radius 1 is 0.641 bits per heavy atom. The second kappa shape index (κ2) is 13.2. The Balaban J connectivity index is 1.64. The zero-order valence-electron chi connectivity index (χ0n) is 20.8. The molecule has 1 aliphatic rings. The Kier molecular flexibility index (Phi) is 9.45. The minimum Gasteiger partial charge on any atom is -0.459 e. The highest BCUT2D eigenvalue weighted by Gasteiger charge is 2.52. The van der Waals surface area contributed by atoms with Crippen molar-refractivity contribution in [3.8, 4) is 0 Å². The van der Waals surface area contributed by atoms with E-state index in [1.807, 2.05) is 0 Å². The number of carbonyl (C=O) groups excluding carboxylic acids is 4. The van der Waals surface area contributed by atoms with Crippen molar-refractivity contribution in [1.29, 1.82) is 0 Å². The lowest BCUT2D eigenvalue weighted by atomic mass is 9.99. The number of hydrogen-bond donors (Lipinski definition) is 0. The highest BCUT2D eigenvalue weighted by Crippen LogP contribution is 2.32. The maximum Gasteiger partial charge on any atom is 0.338 e. The summed E-state index contributed by atoms with van der Waals surface area (Å²) in [5.74, 6) is -2.77. The standard InChI is InChI=1S/C29H25BrO9/c1-18(31)36-25-24(39-29(34)21-15-9-4-10-16-21)23(38-28(33)20-13-7-3-8-14-20)22(37-26(25)30)17-35-27(32)19-11-5-2-6-12-19/h2-16,22-26H,17H2,1H3/t22-,23+,24+,25-,26+/m1/s1. The van der Waals surface area contributed by atoms with Crippen LogP contribution in [0.3, 0.4) is 0 Å². The maximum atomic E-state index is 13.1. The lowest BCUT2D eigenvalue weighted by Crippen LogP contribution is -2.61. The first-order valence-electron chi connectivity index (χ1n) is 12.0. The zero-order valence-corrected chi connectivity index (χ0v) is 22.4. The van der Waals surface area contributed by atoms with Crippen molar-refractivity contribution in [3.63, 3.8) is 0 Å². The van der Waals surface area contributed by atoms with E-state index in [4.69, 9.17) is 23.7 Å². The predicted molar refractivity (Wildman–Crippen MR) is 141 cm³/mol. The molecule has 0 aliphatic carbocycles. The Morgan fingerprint density at radius 3 is 1.54 bits per heavy atom. The molecule has 0 N–H and O–H groups in total. The molecule has 3 aromatic carbocycles. The normalized spacial score (nSPS) is 22.3. The number of ether oxygens (including phenoxy) is 5. The number of hydrogen-bond acceptors (Lipinski definition) is 9. The topological polar surface area (TPSA) is 114 Å². The van der Waals surface area contributed by atoms with Gasteiger partial charge in [0, 0.05) is 6.92 Å². The van der Waals surface area contributed by atoms with Gasteiger partial charge in [0.15, 0.2) is 23.3 Å². The first kappa shape index (κ1) is 28.0. The lowest BCUT2D eigenvalue weighted by molar-refractivity contribution is -0.217. The van der Waals surface area contributed by atoms with Crippen LogP contribution in [0.15, 0.2) is 91.0 Å². The molecule has 0 radical (unpaired) electrons. The third kappa shape index (κ3) is 7.30. The molecule has 39 heavy (non-hydrogen) atoms. The van der Waals surface area contributed by atoms with E-state index in [2.05, 4.69) is 15.9 Å². The number of esters is 4. The molecule has 0 spiro atoms. The van der Waals surface area contributed by atoms with Gasteiger partial charge in [-0.05, 0) is 36.4 Å². The smallest absolute Gasteiger partial charge is 0.338 e. The number of alkyl halides is 1. The third-order valence-corrected chi connectivity index (χ3v) is 6.51. The Hall–Kier alpha value is -4.02. The van der Waals surface area contributed by atoms with E-state index in [1.54, 1.807) is 91.0 Å². The lowest BCUT2D eigenvalue weighted by Gasteiger charge is -2.42. The molecule has 10 heteroatoms. The third-order valence-electron chi connectivity index (χ3n) is 5.77. The van der Waals surface area contributed by atoms with Crippen LogP contribution in [0.5, 0.6) is 0 Å². The van der Waals surface area contributed by atoms with Crippen molar-refractivity contribution in [3.05, 3.63) is 108 Å². The van der Waals surface area contributed by atoms with Crippen LogP contribution in [0, 0.1) is 0 Å². The van der Waals surface area contributed by atoms with Crippen LogP contribution in [0.2, 0.25) is 0 Å². The van der Waals surface area contributed by atoms with Gasteiger partial charge in [0.05, 0.1) is 16.7 Å². The quantitative estimate of drug-likeness (QED) is 0.213. The summed E-state index contributed by atoms with van der Waals surface area (Å²) in [6.07, 6.45) is -4.90. The molecule has 0 saturated carbocycles. The molecule has 9 nitrogen and oxygen atoms in total. The second-order valence-corrected chi connectivity index (χ2v) is 9.44. The van der Waals surface area contributed by atoms with Crippen LogP contribution < -0.4 is 0 Å². The Labute approximate surface area is 233 Å². The van der Waals surface area contributed by atoms with Crippen LogP contribution >= 0.6 is 15.9 Å². The molecule has 0 aromatic heterocycles. The largest absolute Gasteiger partial charge is 0.459 e. The van der Waals surface area contributed by atoms with Gasteiger partial charge in [0.25, 0.3) is 0 Å². The van der Waals surface area contributed by atoms with Gasteiger partial charge in [-0.1, -0.05) is 70.5 Å². The molecule has 202 valence electrons. The summed E-state index contributed by atoms with van der Waals surface area (Å²) >= 11 is 3.33. The van der Waals surface area contributed by atoms with Gasteiger partial charge < -0.3 is 23.7 Å². The van der Waals surface area contributed by atoms with E-state index in [1.165, 1.54) is 6.92 Å². The van der Waals surface area contributed by atoms with Gasteiger partial charge >= 0.3 is 23.9 Å². The number of carbonyl (C=O) groups is 4.